The molecule has 92 valence electrons. The van der Waals surface area contributed by atoms with Gasteiger partial charge in [0.25, 0.3) is 0 Å². The van der Waals surface area contributed by atoms with Crippen molar-refractivity contribution in [1.29, 1.82) is 0 Å². The first-order valence-electron chi connectivity index (χ1n) is 6.49. The van der Waals surface area contributed by atoms with E-state index in [-0.39, 0.29) is 11.8 Å². The minimum Gasteiger partial charge on any atom is -0.353 e. The van der Waals surface area contributed by atoms with Crippen molar-refractivity contribution < 1.29 is 4.79 Å². The predicted molar refractivity (Wildman–Crippen MR) is 64.3 cm³/mol. The molecule has 0 aromatic rings. The highest BCUT2D eigenvalue weighted by atomic mass is 16.1. The summed E-state index contributed by atoms with van der Waals surface area (Å²) in [6, 6.07) is 0.470. The standard InChI is InChI=1S/C12H23N3O/c1-10(9-15-7-5-13-6-8-15)12(16)14-11-3-2-4-11/h10-11,13H,2-9H2,1H3,(H,14,16). The van der Waals surface area contributed by atoms with E-state index in [0.717, 1.165) is 32.7 Å². The quantitative estimate of drug-likeness (QED) is 0.718. The Morgan fingerprint density at radius 2 is 2.12 bits per heavy atom. The van der Waals surface area contributed by atoms with Crippen molar-refractivity contribution in [2.75, 3.05) is 32.7 Å². The molecule has 1 saturated carbocycles. The Morgan fingerprint density at radius 3 is 2.69 bits per heavy atom. The number of amides is 1. The Kier molecular flexibility index (Phi) is 4.18. The smallest absolute Gasteiger partial charge is 0.224 e. The monoisotopic (exact) mass is 225 g/mol. The first-order chi connectivity index (χ1) is 7.75. The molecule has 2 fully saturated rings. The van der Waals surface area contributed by atoms with E-state index in [1.165, 1.54) is 19.3 Å². The SMILES string of the molecule is CC(CN1CCNCC1)C(=O)NC1CCC1. The van der Waals surface area contributed by atoms with Crippen LogP contribution in [0.15, 0.2) is 0 Å². The summed E-state index contributed by atoms with van der Waals surface area (Å²) in [5.41, 5.74) is 0. The molecule has 2 aliphatic rings. The van der Waals surface area contributed by atoms with Crippen LogP contribution in [0.25, 0.3) is 0 Å². The van der Waals surface area contributed by atoms with E-state index in [2.05, 4.69) is 15.5 Å². The van der Waals surface area contributed by atoms with Crippen molar-refractivity contribution in [3.8, 4) is 0 Å². The highest BCUT2D eigenvalue weighted by Crippen LogP contribution is 2.18. The Balaban J connectivity index is 1.68. The fourth-order valence-electron chi connectivity index (χ4n) is 2.26. The van der Waals surface area contributed by atoms with Gasteiger partial charge in [-0.25, -0.2) is 0 Å². The first-order valence-corrected chi connectivity index (χ1v) is 6.49. The fraction of sp³-hybridized carbons (Fsp3) is 0.917. The molecule has 2 rings (SSSR count). The average molecular weight is 225 g/mol. The number of nitrogens with one attached hydrogen (secondary N) is 2. The third-order valence-corrected chi connectivity index (χ3v) is 3.64. The van der Waals surface area contributed by atoms with E-state index in [9.17, 15) is 4.79 Å². The van der Waals surface area contributed by atoms with Gasteiger partial charge in [-0.1, -0.05) is 6.92 Å². The van der Waals surface area contributed by atoms with E-state index in [1.807, 2.05) is 6.92 Å². The second-order valence-electron chi connectivity index (χ2n) is 5.09. The molecule has 1 unspecified atom stereocenters. The number of rotatable bonds is 4. The number of hydrogen-bond donors (Lipinski definition) is 2. The predicted octanol–water partition coefficient (Wildman–Crippen LogP) is 0.196. The van der Waals surface area contributed by atoms with Crippen LogP contribution >= 0.6 is 0 Å². The summed E-state index contributed by atoms with van der Waals surface area (Å²) in [7, 11) is 0. The van der Waals surface area contributed by atoms with Gasteiger partial charge in [0.05, 0.1) is 0 Å². The Morgan fingerprint density at radius 1 is 1.44 bits per heavy atom. The minimum atomic E-state index is 0.124. The van der Waals surface area contributed by atoms with Gasteiger partial charge in [-0.15, -0.1) is 0 Å². The molecule has 1 heterocycles. The molecule has 0 aromatic carbocycles. The molecule has 4 heteroatoms. The molecular weight excluding hydrogens is 202 g/mol. The molecule has 1 aliphatic carbocycles. The number of nitrogens with zero attached hydrogens (tertiary/aromatic N) is 1. The van der Waals surface area contributed by atoms with Crippen LogP contribution in [0, 0.1) is 5.92 Å². The zero-order valence-electron chi connectivity index (χ0n) is 10.2. The molecule has 2 N–H and O–H groups in total. The molecule has 16 heavy (non-hydrogen) atoms. The molecule has 0 bridgehead atoms. The molecule has 1 amide bonds. The molecule has 4 nitrogen and oxygen atoms in total. The van der Waals surface area contributed by atoms with Crippen LogP contribution in [0.2, 0.25) is 0 Å². The van der Waals surface area contributed by atoms with Gasteiger partial charge in [-0.2, -0.15) is 0 Å². The zero-order valence-corrected chi connectivity index (χ0v) is 10.2. The van der Waals surface area contributed by atoms with Crippen molar-refractivity contribution in [1.82, 2.24) is 15.5 Å². The van der Waals surface area contributed by atoms with Gasteiger partial charge in [0.2, 0.25) is 5.91 Å². The normalized spacial score (nSPS) is 24.8. The molecule has 1 aliphatic heterocycles. The van der Waals surface area contributed by atoms with Crippen molar-refractivity contribution in [2.45, 2.75) is 32.2 Å². The van der Waals surface area contributed by atoms with E-state index in [4.69, 9.17) is 0 Å². The summed E-state index contributed by atoms with van der Waals surface area (Å²) < 4.78 is 0. The summed E-state index contributed by atoms with van der Waals surface area (Å²) in [5.74, 6) is 0.363. The lowest BCUT2D eigenvalue weighted by Crippen LogP contribution is -2.48. The van der Waals surface area contributed by atoms with Crippen molar-refractivity contribution in [3.63, 3.8) is 0 Å². The lowest BCUT2D eigenvalue weighted by atomic mass is 9.92. The maximum Gasteiger partial charge on any atom is 0.224 e. The van der Waals surface area contributed by atoms with E-state index in [1.54, 1.807) is 0 Å². The van der Waals surface area contributed by atoms with E-state index < -0.39 is 0 Å². The largest absolute Gasteiger partial charge is 0.353 e. The van der Waals surface area contributed by atoms with Gasteiger partial charge in [-0.3, -0.25) is 4.79 Å². The highest BCUT2D eigenvalue weighted by Gasteiger charge is 2.23. The number of carbonyl (C=O) groups excluding carboxylic acids is 1. The van der Waals surface area contributed by atoms with Gasteiger partial charge in [0.1, 0.15) is 0 Å². The maximum atomic E-state index is 11.9. The lowest BCUT2D eigenvalue weighted by Gasteiger charge is -2.31. The van der Waals surface area contributed by atoms with Crippen LogP contribution in [-0.2, 0) is 4.79 Å². The number of hydrogen-bond acceptors (Lipinski definition) is 3. The highest BCUT2D eigenvalue weighted by molar-refractivity contribution is 5.78. The van der Waals surface area contributed by atoms with Crippen LogP contribution in [0.5, 0.6) is 0 Å². The maximum absolute atomic E-state index is 11.9. The number of piperazine rings is 1. The second kappa shape index (κ2) is 5.64. The van der Waals surface area contributed by atoms with E-state index >= 15 is 0 Å². The third-order valence-electron chi connectivity index (χ3n) is 3.64. The Bertz CT molecular complexity index is 234. The molecule has 1 saturated heterocycles. The minimum absolute atomic E-state index is 0.124. The summed E-state index contributed by atoms with van der Waals surface area (Å²) in [5, 5.41) is 6.45. The average Bonchev–Trinajstić information content (AvgIpc) is 2.24. The van der Waals surface area contributed by atoms with Crippen LogP contribution in [0.4, 0.5) is 0 Å². The molecule has 1 atom stereocenters. The van der Waals surface area contributed by atoms with Gasteiger partial charge in [-0.05, 0) is 19.3 Å². The molecule has 0 spiro atoms. The van der Waals surface area contributed by atoms with E-state index in [0.29, 0.717) is 6.04 Å². The van der Waals surface area contributed by atoms with Gasteiger partial charge in [0.15, 0.2) is 0 Å². The third kappa shape index (κ3) is 3.19. The van der Waals surface area contributed by atoms with Crippen LogP contribution in [0.1, 0.15) is 26.2 Å². The summed E-state index contributed by atoms with van der Waals surface area (Å²) >= 11 is 0. The van der Waals surface area contributed by atoms with Crippen LogP contribution in [-0.4, -0.2) is 49.6 Å². The van der Waals surface area contributed by atoms with Gasteiger partial charge < -0.3 is 15.5 Å². The zero-order chi connectivity index (χ0) is 11.4. The molecule has 0 radical (unpaired) electrons. The first kappa shape index (κ1) is 11.9. The van der Waals surface area contributed by atoms with Crippen molar-refractivity contribution >= 4 is 5.91 Å². The summed E-state index contributed by atoms with van der Waals surface area (Å²) in [6.45, 7) is 7.19. The summed E-state index contributed by atoms with van der Waals surface area (Å²) in [6.07, 6.45) is 3.62. The fourth-order valence-corrected chi connectivity index (χ4v) is 2.26. The lowest BCUT2D eigenvalue weighted by molar-refractivity contribution is -0.126. The van der Waals surface area contributed by atoms with Crippen molar-refractivity contribution in [2.24, 2.45) is 5.92 Å². The van der Waals surface area contributed by atoms with Crippen molar-refractivity contribution in [3.05, 3.63) is 0 Å². The topological polar surface area (TPSA) is 44.4 Å². The number of carbonyl (C=O) groups is 1. The summed E-state index contributed by atoms with van der Waals surface area (Å²) in [4.78, 5) is 14.2. The molecule has 0 aromatic heterocycles. The molecular formula is C12H23N3O. The van der Waals surface area contributed by atoms with Crippen LogP contribution in [0.3, 0.4) is 0 Å². The van der Waals surface area contributed by atoms with Gasteiger partial charge >= 0.3 is 0 Å². The Hall–Kier alpha value is -0.610. The second-order valence-corrected chi connectivity index (χ2v) is 5.09. The van der Waals surface area contributed by atoms with Crippen LogP contribution < -0.4 is 10.6 Å². The Labute approximate surface area is 97.8 Å². The van der Waals surface area contributed by atoms with Gasteiger partial charge in [0, 0.05) is 44.7 Å².